The first-order valence-electron chi connectivity index (χ1n) is 5.87. The van der Waals surface area contributed by atoms with Crippen molar-refractivity contribution in [1.29, 1.82) is 0 Å². The minimum Gasteiger partial charge on any atom is -0.465 e. The SMILES string of the molecule is CN(Cc1ccccc1F)C(=O)/C=C/c1ccco1. The molecule has 4 heteroatoms. The first-order chi connectivity index (χ1) is 9.16. The van der Waals surface area contributed by atoms with Gasteiger partial charge in [-0.15, -0.1) is 0 Å². The van der Waals surface area contributed by atoms with Crippen molar-refractivity contribution in [1.82, 2.24) is 4.90 Å². The smallest absolute Gasteiger partial charge is 0.246 e. The van der Waals surface area contributed by atoms with Crippen molar-refractivity contribution in [2.24, 2.45) is 0 Å². The molecule has 3 nitrogen and oxygen atoms in total. The molecule has 0 radical (unpaired) electrons. The van der Waals surface area contributed by atoms with Crippen LogP contribution in [0.2, 0.25) is 0 Å². The highest BCUT2D eigenvalue weighted by Gasteiger charge is 2.08. The number of halogens is 1. The average molecular weight is 259 g/mol. The molecule has 0 aliphatic rings. The van der Waals surface area contributed by atoms with E-state index in [2.05, 4.69) is 0 Å². The quantitative estimate of drug-likeness (QED) is 0.790. The summed E-state index contributed by atoms with van der Waals surface area (Å²) < 4.78 is 18.5. The van der Waals surface area contributed by atoms with Crippen LogP contribution in [0.3, 0.4) is 0 Å². The van der Waals surface area contributed by atoms with Crippen LogP contribution in [0, 0.1) is 5.82 Å². The molecular formula is C15H14FNO2. The second-order valence-corrected chi connectivity index (χ2v) is 4.13. The van der Waals surface area contributed by atoms with Crippen LogP contribution in [0.5, 0.6) is 0 Å². The summed E-state index contributed by atoms with van der Waals surface area (Å²) >= 11 is 0. The first kappa shape index (κ1) is 13.1. The highest BCUT2D eigenvalue weighted by atomic mass is 19.1. The molecule has 0 spiro atoms. The van der Waals surface area contributed by atoms with Gasteiger partial charge in [0.1, 0.15) is 11.6 Å². The van der Waals surface area contributed by atoms with Crippen molar-refractivity contribution in [2.75, 3.05) is 7.05 Å². The van der Waals surface area contributed by atoms with E-state index in [1.165, 1.54) is 23.3 Å². The number of carbonyl (C=O) groups excluding carboxylic acids is 1. The van der Waals surface area contributed by atoms with Gasteiger partial charge in [-0.3, -0.25) is 4.79 Å². The van der Waals surface area contributed by atoms with Crippen molar-refractivity contribution in [3.8, 4) is 0 Å². The summed E-state index contributed by atoms with van der Waals surface area (Å²) in [5.74, 6) is 0.0875. The fourth-order valence-corrected chi connectivity index (χ4v) is 1.63. The Kier molecular flexibility index (Phi) is 4.13. The predicted molar refractivity (Wildman–Crippen MR) is 70.6 cm³/mol. The molecule has 0 aliphatic heterocycles. The van der Waals surface area contributed by atoms with Gasteiger partial charge >= 0.3 is 0 Å². The zero-order valence-corrected chi connectivity index (χ0v) is 10.5. The van der Waals surface area contributed by atoms with Gasteiger partial charge in [0, 0.05) is 25.2 Å². The number of likely N-dealkylation sites (N-methyl/N-ethyl adjacent to an activating group) is 1. The van der Waals surface area contributed by atoms with E-state index in [1.807, 2.05) is 0 Å². The summed E-state index contributed by atoms with van der Waals surface area (Å²) in [5.41, 5.74) is 0.491. The molecule has 1 aromatic heterocycles. The van der Waals surface area contributed by atoms with E-state index < -0.39 is 0 Å². The summed E-state index contributed by atoms with van der Waals surface area (Å²) in [6.45, 7) is 0.230. The molecule has 1 amide bonds. The summed E-state index contributed by atoms with van der Waals surface area (Å²) in [6, 6.07) is 9.91. The van der Waals surface area contributed by atoms with Crippen molar-refractivity contribution >= 4 is 12.0 Å². The summed E-state index contributed by atoms with van der Waals surface area (Å²) in [6.07, 6.45) is 4.52. The molecular weight excluding hydrogens is 245 g/mol. The standard InChI is InChI=1S/C15H14FNO2/c1-17(11-12-5-2-3-7-14(12)16)15(18)9-8-13-6-4-10-19-13/h2-10H,11H2,1H3/b9-8+. The number of hydrogen-bond acceptors (Lipinski definition) is 2. The largest absolute Gasteiger partial charge is 0.465 e. The van der Waals surface area contributed by atoms with Crippen LogP contribution < -0.4 is 0 Å². The maximum Gasteiger partial charge on any atom is 0.246 e. The number of furan rings is 1. The lowest BCUT2D eigenvalue weighted by Gasteiger charge is -2.15. The second kappa shape index (κ2) is 6.00. The summed E-state index contributed by atoms with van der Waals surface area (Å²) in [5, 5.41) is 0. The van der Waals surface area contributed by atoms with E-state index in [0.29, 0.717) is 11.3 Å². The monoisotopic (exact) mass is 259 g/mol. The van der Waals surface area contributed by atoms with Crippen molar-refractivity contribution in [2.45, 2.75) is 6.54 Å². The fourth-order valence-electron chi connectivity index (χ4n) is 1.63. The molecule has 0 N–H and O–H groups in total. The zero-order valence-electron chi connectivity index (χ0n) is 10.5. The molecule has 2 rings (SSSR count). The second-order valence-electron chi connectivity index (χ2n) is 4.13. The highest BCUT2D eigenvalue weighted by Crippen LogP contribution is 2.09. The van der Waals surface area contributed by atoms with Crippen LogP contribution in [0.15, 0.2) is 53.2 Å². The zero-order chi connectivity index (χ0) is 13.7. The lowest BCUT2D eigenvalue weighted by atomic mass is 10.2. The Morgan fingerprint density at radius 3 is 2.79 bits per heavy atom. The van der Waals surface area contributed by atoms with E-state index in [-0.39, 0.29) is 18.3 Å². The molecule has 0 saturated heterocycles. The Balaban J connectivity index is 1.98. The van der Waals surface area contributed by atoms with Crippen LogP contribution in [0.25, 0.3) is 6.08 Å². The molecule has 0 unspecified atom stereocenters. The summed E-state index contributed by atoms with van der Waals surface area (Å²) in [7, 11) is 1.63. The third-order valence-corrected chi connectivity index (χ3v) is 2.67. The van der Waals surface area contributed by atoms with Crippen LogP contribution in [0.4, 0.5) is 4.39 Å². The average Bonchev–Trinajstić information content (AvgIpc) is 2.91. The van der Waals surface area contributed by atoms with E-state index >= 15 is 0 Å². The lowest BCUT2D eigenvalue weighted by Crippen LogP contribution is -2.24. The predicted octanol–water partition coefficient (Wildman–Crippen LogP) is 3.09. The number of nitrogens with zero attached hydrogens (tertiary/aromatic N) is 1. The molecule has 98 valence electrons. The fraction of sp³-hybridized carbons (Fsp3) is 0.133. The van der Waals surface area contributed by atoms with Crippen molar-refractivity contribution in [3.05, 3.63) is 65.9 Å². The number of benzene rings is 1. The van der Waals surface area contributed by atoms with Crippen LogP contribution >= 0.6 is 0 Å². The molecule has 19 heavy (non-hydrogen) atoms. The number of carbonyl (C=O) groups is 1. The molecule has 1 heterocycles. The topological polar surface area (TPSA) is 33.5 Å². The van der Waals surface area contributed by atoms with Gasteiger partial charge in [-0.1, -0.05) is 18.2 Å². The Labute approximate surface area is 111 Å². The van der Waals surface area contributed by atoms with Gasteiger partial charge in [0.15, 0.2) is 0 Å². The Bertz CT molecular complexity index is 576. The molecule has 0 fully saturated rings. The highest BCUT2D eigenvalue weighted by molar-refractivity contribution is 5.91. The van der Waals surface area contributed by atoms with Crippen molar-refractivity contribution < 1.29 is 13.6 Å². The maximum absolute atomic E-state index is 13.5. The van der Waals surface area contributed by atoms with Gasteiger partial charge < -0.3 is 9.32 Å². The third kappa shape index (κ3) is 3.55. The number of rotatable bonds is 4. The Morgan fingerprint density at radius 1 is 1.32 bits per heavy atom. The van der Waals surface area contributed by atoms with Crippen LogP contribution in [-0.4, -0.2) is 17.9 Å². The van der Waals surface area contributed by atoms with Crippen LogP contribution in [-0.2, 0) is 11.3 Å². The molecule has 2 aromatic rings. The third-order valence-electron chi connectivity index (χ3n) is 2.67. The van der Waals surface area contributed by atoms with Gasteiger partial charge in [-0.25, -0.2) is 4.39 Å². The van der Waals surface area contributed by atoms with Gasteiger partial charge in [0.25, 0.3) is 0 Å². The normalized spacial score (nSPS) is 10.8. The molecule has 0 saturated carbocycles. The molecule has 0 atom stereocenters. The van der Waals surface area contributed by atoms with Crippen molar-refractivity contribution in [3.63, 3.8) is 0 Å². The van der Waals surface area contributed by atoms with Gasteiger partial charge in [-0.2, -0.15) is 0 Å². The Morgan fingerprint density at radius 2 is 2.11 bits per heavy atom. The first-order valence-corrected chi connectivity index (χ1v) is 5.87. The lowest BCUT2D eigenvalue weighted by molar-refractivity contribution is -0.125. The van der Waals surface area contributed by atoms with Gasteiger partial charge in [0.05, 0.1) is 6.26 Å². The minimum absolute atomic E-state index is 0.209. The van der Waals surface area contributed by atoms with E-state index in [4.69, 9.17) is 4.42 Å². The molecule has 1 aromatic carbocycles. The van der Waals surface area contributed by atoms with E-state index in [9.17, 15) is 9.18 Å². The Hall–Kier alpha value is -2.36. The van der Waals surface area contributed by atoms with Crippen LogP contribution in [0.1, 0.15) is 11.3 Å². The van der Waals surface area contributed by atoms with E-state index in [1.54, 1.807) is 43.5 Å². The number of amides is 1. The van der Waals surface area contributed by atoms with Gasteiger partial charge in [-0.05, 0) is 24.3 Å². The molecule has 0 bridgehead atoms. The van der Waals surface area contributed by atoms with Gasteiger partial charge in [0.2, 0.25) is 5.91 Å². The molecule has 0 aliphatic carbocycles. The van der Waals surface area contributed by atoms with E-state index in [0.717, 1.165) is 0 Å². The minimum atomic E-state index is -0.308. The summed E-state index contributed by atoms with van der Waals surface area (Å²) in [4.78, 5) is 13.3. The maximum atomic E-state index is 13.5. The number of hydrogen-bond donors (Lipinski definition) is 0.